The zero-order valence-electron chi connectivity index (χ0n) is 14.0. The van der Waals surface area contributed by atoms with Crippen molar-refractivity contribution in [3.05, 3.63) is 42.0 Å². The van der Waals surface area contributed by atoms with Gasteiger partial charge in [-0.2, -0.15) is 0 Å². The Morgan fingerprint density at radius 3 is 2.50 bits per heavy atom. The molecule has 8 nitrogen and oxygen atoms in total. The Hall–Kier alpha value is -2.59. The Labute approximate surface area is 149 Å². The van der Waals surface area contributed by atoms with Gasteiger partial charge in [0.25, 0.3) is 5.91 Å². The van der Waals surface area contributed by atoms with Gasteiger partial charge in [-0.3, -0.25) is 4.79 Å². The van der Waals surface area contributed by atoms with Gasteiger partial charge in [-0.25, -0.2) is 22.8 Å². The van der Waals surface area contributed by atoms with E-state index in [0.717, 1.165) is 18.4 Å². The third kappa shape index (κ3) is 4.14. The topological polar surface area (TPSA) is 101 Å². The number of nitrogens with zero attached hydrogens (tertiary/aromatic N) is 3. The minimum absolute atomic E-state index is 0.00356. The molecule has 0 bridgehead atoms. The van der Waals surface area contributed by atoms with Crippen molar-refractivity contribution in [2.75, 3.05) is 42.8 Å². The van der Waals surface area contributed by atoms with E-state index < -0.39 is 21.6 Å². The molecule has 3 rings (SSSR count). The maximum atomic E-state index is 13.3. The predicted octanol–water partition coefficient (Wildman–Crippen LogP) is 1.11. The molecule has 10 heteroatoms. The second-order valence-corrected chi connectivity index (χ2v) is 7.72. The zero-order chi connectivity index (χ0) is 18.7. The summed E-state index contributed by atoms with van der Waals surface area (Å²) in [6.07, 6.45) is 3.66. The van der Waals surface area contributed by atoms with Gasteiger partial charge in [0.1, 0.15) is 5.82 Å². The lowest BCUT2D eigenvalue weighted by Crippen LogP contribution is -2.37. The summed E-state index contributed by atoms with van der Waals surface area (Å²) in [4.78, 5) is 22.3. The molecule has 138 valence electrons. The van der Waals surface area contributed by atoms with E-state index in [2.05, 4.69) is 15.3 Å². The molecule has 1 saturated heterocycles. The van der Waals surface area contributed by atoms with Crippen LogP contribution in [0.1, 0.15) is 10.4 Å². The summed E-state index contributed by atoms with van der Waals surface area (Å²) < 4.78 is 42.2. The highest BCUT2D eigenvalue weighted by atomic mass is 32.2. The smallest absolute Gasteiger partial charge is 0.258 e. The summed E-state index contributed by atoms with van der Waals surface area (Å²) in [6.45, 7) is 2.51. The van der Waals surface area contributed by atoms with E-state index >= 15 is 0 Å². The molecule has 1 amide bonds. The predicted molar refractivity (Wildman–Crippen MR) is 92.5 cm³/mol. The number of hydrogen-bond acceptors (Lipinski definition) is 7. The Kier molecular flexibility index (Phi) is 5.14. The number of nitrogens with one attached hydrogen (secondary N) is 1. The fourth-order valence-electron chi connectivity index (χ4n) is 2.47. The molecule has 1 aromatic heterocycles. The number of morpholine rings is 1. The van der Waals surface area contributed by atoms with Crippen molar-refractivity contribution in [2.24, 2.45) is 0 Å². The average molecular weight is 380 g/mol. The first kappa shape index (κ1) is 18.2. The summed E-state index contributed by atoms with van der Waals surface area (Å²) >= 11 is 0. The van der Waals surface area contributed by atoms with Gasteiger partial charge in [0.2, 0.25) is 5.95 Å². The minimum Gasteiger partial charge on any atom is -0.378 e. The summed E-state index contributed by atoms with van der Waals surface area (Å²) in [5, 5.41) is 2.46. The third-order valence-corrected chi connectivity index (χ3v) is 4.92. The standard InChI is InChI=1S/C16H17FN4O4S/c1-26(23,24)14-8-12(17)2-3-13(14)20-15(22)11-9-18-16(19-10-11)21-4-6-25-7-5-21/h2-3,8-10H,4-7H2,1H3,(H,20,22). The van der Waals surface area contributed by atoms with Gasteiger partial charge in [0.05, 0.1) is 29.4 Å². The summed E-state index contributed by atoms with van der Waals surface area (Å²) in [5.41, 5.74) is 0.155. The highest BCUT2D eigenvalue weighted by Gasteiger charge is 2.18. The van der Waals surface area contributed by atoms with Crippen LogP contribution in [0.4, 0.5) is 16.0 Å². The summed E-state index contributed by atoms with van der Waals surface area (Å²) in [6, 6.07) is 3.14. The van der Waals surface area contributed by atoms with Crippen LogP contribution in [0.2, 0.25) is 0 Å². The molecule has 0 spiro atoms. The molecule has 1 aliphatic heterocycles. The number of aromatic nitrogens is 2. The van der Waals surface area contributed by atoms with Crippen LogP contribution in [0.5, 0.6) is 0 Å². The second kappa shape index (κ2) is 7.34. The minimum atomic E-state index is -3.71. The van der Waals surface area contributed by atoms with E-state index in [1.807, 2.05) is 4.90 Å². The van der Waals surface area contributed by atoms with Crippen molar-refractivity contribution in [3.8, 4) is 0 Å². The monoisotopic (exact) mass is 380 g/mol. The second-order valence-electron chi connectivity index (χ2n) is 5.74. The first-order chi connectivity index (χ1) is 12.3. The molecular weight excluding hydrogens is 363 g/mol. The lowest BCUT2D eigenvalue weighted by molar-refractivity contribution is 0.102. The van der Waals surface area contributed by atoms with Crippen molar-refractivity contribution >= 4 is 27.4 Å². The lowest BCUT2D eigenvalue weighted by Gasteiger charge is -2.26. The molecule has 0 atom stereocenters. The molecule has 2 heterocycles. The molecule has 1 aliphatic rings. The van der Waals surface area contributed by atoms with E-state index in [0.29, 0.717) is 32.3 Å². The molecule has 0 unspecified atom stereocenters. The van der Waals surface area contributed by atoms with E-state index in [1.165, 1.54) is 18.5 Å². The molecule has 26 heavy (non-hydrogen) atoms. The molecule has 0 saturated carbocycles. The number of sulfone groups is 1. The molecule has 0 aliphatic carbocycles. The van der Waals surface area contributed by atoms with Crippen LogP contribution >= 0.6 is 0 Å². The number of ether oxygens (including phenoxy) is 1. The van der Waals surface area contributed by atoms with Crippen LogP contribution in [-0.4, -0.2) is 56.9 Å². The molecule has 1 fully saturated rings. The Morgan fingerprint density at radius 2 is 1.88 bits per heavy atom. The summed E-state index contributed by atoms with van der Waals surface area (Å²) in [5.74, 6) is -0.805. The van der Waals surface area contributed by atoms with Crippen LogP contribution in [0, 0.1) is 5.82 Å². The van der Waals surface area contributed by atoms with E-state index in [9.17, 15) is 17.6 Å². The number of benzene rings is 1. The highest BCUT2D eigenvalue weighted by molar-refractivity contribution is 7.90. The molecule has 1 aromatic carbocycles. The van der Waals surface area contributed by atoms with Gasteiger partial charge < -0.3 is 15.0 Å². The molecule has 2 aromatic rings. The van der Waals surface area contributed by atoms with Crippen molar-refractivity contribution in [1.82, 2.24) is 9.97 Å². The Bertz CT molecular complexity index is 912. The Balaban J connectivity index is 1.78. The summed E-state index contributed by atoms with van der Waals surface area (Å²) in [7, 11) is -3.71. The van der Waals surface area contributed by atoms with Crippen molar-refractivity contribution in [2.45, 2.75) is 4.90 Å². The lowest BCUT2D eigenvalue weighted by atomic mass is 10.2. The van der Waals surface area contributed by atoms with Gasteiger partial charge in [-0.15, -0.1) is 0 Å². The van der Waals surface area contributed by atoms with Crippen LogP contribution in [-0.2, 0) is 14.6 Å². The average Bonchev–Trinajstić information content (AvgIpc) is 2.63. The number of carbonyl (C=O) groups is 1. The van der Waals surface area contributed by atoms with Gasteiger partial charge in [0, 0.05) is 31.7 Å². The van der Waals surface area contributed by atoms with Crippen LogP contribution in [0.25, 0.3) is 0 Å². The molecule has 1 N–H and O–H groups in total. The normalized spacial score (nSPS) is 14.9. The maximum absolute atomic E-state index is 13.3. The van der Waals surface area contributed by atoms with E-state index in [-0.39, 0.29) is 16.1 Å². The van der Waals surface area contributed by atoms with Crippen LogP contribution in [0.15, 0.2) is 35.5 Å². The van der Waals surface area contributed by atoms with Crippen molar-refractivity contribution < 1.29 is 22.3 Å². The first-order valence-corrected chi connectivity index (χ1v) is 9.69. The van der Waals surface area contributed by atoms with Crippen molar-refractivity contribution in [3.63, 3.8) is 0 Å². The fraction of sp³-hybridized carbons (Fsp3) is 0.312. The Morgan fingerprint density at radius 1 is 1.23 bits per heavy atom. The van der Waals surface area contributed by atoms with Gasteiger partial charge in [-0.1, -0.05) is 0 Å². The third-order valence-electron chi connectivity index (χ3n) is 3.79. The number of carbonyl (C=O) groups excluding carboxylic acids is 1. The molecule has 0 radical (unpaired) electrons. The largest absolute Gasteiger partial charge is 0.378 e. The number of halogens is 1. The molecular formula is C16H17FN4O4S. The quantitative estimate of drug-likeness (QED) is 0.848. The number of amides is 1. The van der Waals surface area contributed by atoms with Gasteiger partial charge in [0.15, 0.2) is 9.84 Å². The zero-order valence-corrected chi connectivity index (χ0v) is 14.8. The van der Waals surface area contributed by atoms with Crippen LogP contribution in [0.3, 0.4) is 0 Å². The number of rotatable bonds is 4. The number of hydrogen-bond donors (Lipinski definition) is 1. The fourth-order valence-corrected chi connectivity index (χ4v) is 3.31. The van der Waals surface area contributed by atoms with Crippen LogP contribution < -0.4 is 10.2 Å². The maximum Gasteiger partial charge on any atom is 0.258 e. The van der Waals surface area contributed by atoms with E-state index in [4.69, 9.17) is 4.74 Å². The van der Waals surface area contributed by atoms with Gasteiger partial charge in [-0.05, 0) is 18.2 Å². The SMILES string of the molecule is CS(=O)(=O)c1cc(F)ccc1NC(=O)c1cnc(N2CCOCC2)nc1. The van der Waals surface area contributed by atoms with E-state index in [1.54, 1.807) is 0 Å². The van der Waals surface area contributed by atoms with Gasteiger partial charge >= 0.3 is 0 Å². The highest BCUT2D eigenvalue weighted by Crippen LogP contribution is 2.23. The first-order valence-electron chi connectivity index (χ1n) is 7.80. The van der Waals surface area contributed by atoms with Crippen molar-refractivity contribution in [1.29, 1.82) is 0 Å². The number of anilines is 2.